The maximum absolute atomic E-state index is 12.8. The lowest BCUT2D eigenvalue weighted by Gasteiger charge is -2.18. The molecule has 9 nitrogen and oxygen atoms in total. The number of nitrogens with zero attached hydrogens (tertiary/aromatic N) is 4. The molecule has 0 saturated carbocycles. The van der Waals surface area contributed by atoms with Crippen LogP contribution in [0.25, 0.3) is 10.9 Å². The van der Waals surface area contributed by atoms with Crippen LogP contribution in [0.4, 0.5) is 17.1 Å². The number of amides is 1. The van der Waals surface area contributed by atoms with Gasteiger partial charge >= 0.3 is 0 Å². The Labute approximate surface area is 249 Å². The third kappa shape index (κ3) is 7.98. The zero-order valence-electron chi connectivity index (χ0n) is 22.9. The molecular weight excluding hydrogens is 563 g/mol. The summed E-state index contributed by atoms with van der Waals surface area (Å²) in [6, 6.07) is 16.5. The van der Waals surface area contributed by atoms with Crippen molar-refractivity contribution in [3.63, 3.8) is 0 Å². The van der Waals surface area contributed by atoms with Gasteiger partial charge in [0.1, 0.15) is 24.2 Å². The van der Waals surface area contributed by atoms with Crippen LogP contribution in [0.5, 0.6) is 11.5 Å². The van der Waals surface area contributed by atoms with Gasteiger partial charge in [0.25, 0.3) is 0 Å². The second-order valence-corrected chi connectivity index (χ2v) is 10.5. The van der Waals surface area contributed by atoms with E-state index in [0.29, 0.717) is 63.2 Å². The van der Waals surface area contributed by atoms with Gasteiger partial charge in [0.2, 0.25) is 5.91 Å². The number of carbonyl (C=O) groups excluding carboxylic acids is 1. The van der Waals surface area contributed by atoms with Crippen molar-refractivity contribution in [1.29, 1.82) is 5.26 Å². The van der Waals surface area contributed by atoms with Crippen molar-refractivity contribution in [2.75, 3.05) is 37.9 Å². The van der Waals surface area contributed by atoms with E-state index in [-0.39, 0.29) is 24.3 Å². The van der Waals surface area contributed by atoms with Crippen LogP contribution in [0.1, 0.15) is 24.6 Å². The van der Waals surface area contributed by atoms with Gasteiger partial charge in [0.15, 0.2) is 0 Å². The first-order chi connectivity index (χ1) is 19.8. The minimum atomic E-state index is -0.356. The number of aromatic nitrogens is 2. The Morgan fingerprint density at radius 2 is 1.95 bits per heavy atom. The number of halogens is 2. The molecule has 4 rings (SSSR count). The van der Waals surface area contributed by atoms with Gasteiger partial charge in [-0.05, 0) is 57.4 Å². The highest BCUT2D eigenvalue weighted by Gasteiger charge is 2.18. The first-order valence-electron chi connectivity index (χ1n) is 12.9. The Balaban J connectivity index is 1.63. The summed E-state index contributed by atoms with van der Waals surface area (Å²) in [6.07, 6.45) is 3.31. The number of hydrogen-bond donors (Lipinski definition) is 2. The maximum atomic E-state index is 12.8. The fourth-order valence-corrected chi connectivity index (χ4v) is 4.80. The third-order valence-corrected chi connectivity index (χ3v) is 6.52. The first kappa shape index (κ1) is 29.9. The van der Waals surface area contributed by atoms with Gasteiger partial charge in [0.05, 0.1) is 45.2 Å². The second-order valence-electron chi connectivity index (χ2n) is 9.45. The fourth-order valence-electron chi connectivity index (χ4n) is 4.15. The summed E-state index contributed by atoms with van der Waals surface area (Å²) in [6.45, 7) is 3.08. The van der Waals surface area contributed by atoms with Gasteiger partial charge in [-0.1, -0.05) is 17.7 Å². The predicted octanol–water partition coefficient (Wildman–Crippen LogP) is 6.37. The number of benzene rings is 2. The van der Waals surface area contributed by atoms with E-state index in [2.05, 4.69) is 26.7 Å². The van der Waals surface area contributed by atoms with Crippen molar-refractivity contribution in [1.82, 2.24) is 14.9 Å². The lowest BCUT2D eigenvalue weighted by molar-refractivity contribution is -0.116. The van der Waals surface area contributed by atoms with E-state index in [1.54, 1.807) is 36.5 Å². The zero-order valence-corrected chi connectivity index (χ0v) is 24.5. The molecule has 2 aromatic carbocycles. The quantitative estimate of drug-likeness (QED) is 0.182. The summed E-state index contributed by atoms with van der Waals surface area (Å²) in [5, 5.41) is 16.7. The van der Waals surface area contributed by atoms with E-state index in [1.165, 1.54) is 6.20 Å². The zero-order chi connectivity index (χ0) is 29.4. The molecule has 0 aliphatic rings. The summed E-state index contributed by atoms with van der Waals surface area (Å²) in [4.78, 5) is 23.4. The summed E-state index contributed by atoms with van der Waals surface area (Å²) in [7, 11) is 3.79. The number of nitriles is 1. The van der Waals surface area contributed by atoms with Gasteiger partial charge in [0, 0.05) is 42.5 Å². The van der Waals surface area contributed by atoms with E-state index in [0.717, 1.165) is 5.69 Å². The van der Waals surface area contributed by atoms with Crippen LogP contribution in [-0.4, -0.2) is 53.4 Å². The summed E-state index contributed by atoms with van der Waals surface area (Å²) < 4.78 is 11.6. The standard InChI is InChI=1S/C30H30Cl2N6O3/c1-4-40-28-14-25-23(13-26(28)37-29(39)11-20(31)17-38(2)3)30(19(15-33)16-35-25)36-21-8-9-27(24(32)12-21)41-18-22-7-5-6-10-34-22/h5-10,12-14,16,20H,4,11,17-18H2,1-3H3,(H,35,36)(H,37,39). The molecule has 0 saturated heterocycles. The van der Waals surface area contributed by atoms with Crippen LogP contribution in [0.3, 0.4) is 0 Å². The van der Waals surface area contributed by atoms with E-state index in [1.807, 2.05) is 44.1 Å². The van der Waals surface area contributed by atoms with Gasteiger partial charge < -0.3 is 25.0 Å². The molecule has 11 heteroatoms. The number of anilines is 3. The number of nitrogens with one attached hydrogen (secondary N) is 2. The summed E-state index contributed by atoms with van der Waals surface area (Å²) in [5.41, 5.74) is 3.28. The number of hydrogen-bond acceptors (Lipinski definition) is 8. The molecule has 0 aliphatic carbocycles. The van der Waals surface area contributed by atoms with Crippen molar-refractivity contribution in [2.24, 2.45) is 0 Å². The highest BCUT2D eigenvalue weighted by atomic mass is 35.5. The van der Waals surface area contributed by atoms with Crippen molar-refractivity contribution in [2.45, 2.75) is 25.3 Å². The normalized spacial score (nSPS) is 11.6. The molecule has 0 aliphatic heterocycles. The lowest BCUT2D eigenvalue weighted by Crippen LogP contribution is -2.26. The molecule has 2 N–H and O–H groups in total. The highest BCUT2D eigenvalue weighted by Crippen LogP contribution is 2.37. The van der Waals surface area contributed by atoms with Crippen LogP contribution < -0.4 is 20.1 Å². The van der Waals surface area contributed by atoms with Crippen LogP contribution in [0.2, 0.25) is 5.02 Å². The van der Waals surface area contributed by atoms with Crippen molar-refractivity contribution in [3.8, 4) is 17.6 Å². The van der Waals surface area contributed by atoms with Crippen molar-refractivity contribution >= 4 is 57.1 Å². The molecule has 1 unspecified atom stereocenters. The number of ether oxygens (including phenoxy) is 2. The van der Waals surface area contributed by atoms with Crippen molar-refractivity contribution < 1.29 is 14.3 Å². The highest BCUT2D eigenvalue weighted by molar-refractivity contribution is 6.32. The van der Waals surface area contributed by atoms with Crippen molar-refractivity contribution in [3.05, 3.63) is 77.2 Å². The van der Waals surface area contributed by atoms with E-state index in [9.17, 15) is 10.1 Å². The predicted molar refractivity (Wildman–Crippen MR) is 162 cm³/mol. The Kier molecular flexibility index (Phi) is 10.2. The minimum Gasteiger partial charge on any atom is -0.492 e. The molecular formula is C30H30Cl2N6O3. The molecule has 41 heavy (non-hydrogen) atoms. The first-order valence-corrected chi connectivity index (χ1v) is 13.8. The van der Waals surface area contributed by atoms with Gasteiger partial charge in [-0.2, -0.15) is 5.26 Å². The van der Waals surface area contributed by atoms with Gasteiger partial charge in [-0.15, -0.1) is 11.6 Å². The summed E-state index contributed by atoms with van der Waals surface area (Å²) in [5.74, 6) is 0.716. The number of carbonyl (C=O) groups is 1. The monoisotopic (exact) mass is 592 g/mol. The number of rotatable bonds is 12. The van der Waals surface area contributed by atoms with E-state index in [4.69, 9.17) is 32.7 Å². The average molecular weight is 594 g/mol. The number of alkyl halides is 1. The van der Waals surface area contributed by atoms with Gasteiger partial charge in [-0.3, -0.25) is 14.8 Å². The molecule has 2 aromatic heterocycles. The van der Waals surface area contributed by atoms with E-state index >= 15 is 0 Å². The molecule has 1 atom stereocenters. The second kappa shape index (κ2) is 14.0. The molecule has 0 bridgehead atoms. The number of fused-ring (bicyclic) bond motifs is 1. The van der Waals surface area contributed by atoms with E-state index < -0.39 is 0 Å². The largest absolute Gasteiger partial charge is 0.492 e. The smallest absolute Gasteiger partial charge is 0.226 e. The Morgan fingerprint density at radius 1 is 1.12 bits per heavy atom. The molecule has 1 amide bonds. The summed E-state index contributed by atoms with van der Waals surface area (Å²) >= 11 is 12.9. The lowest BCUT2D eigenvalue weighted by atomic mass is 10.1. The minimum absolute atomic E-state index is 0.123. The van der Waals surface area contributed by atoms with Crippen LogP contribution in [0.15, 0.2) is 60.9 Å². The van der Waals surface area contributed by atoms with Gasteiger partial charge in [-0.25, -0.2) is 0 Å². The number of pyridine rings is 2. The Bertz CT molecular complexity index is 1560. The fraction of sp³-hybridized carbons (Fsp3) is 0.267. The molecule has 0 fully saturated rings. The molecule has 0 spiro atoms. The maximum Gasteiger partial charge on any atom is 0.226 e. The molecule has 4 aromatic rings. The average Bonchev–Trinajstić information content (AvgIpc) is 2.93. The molecule has 0 radical (unpaired) electrons. The SMILES string of the molecule is CCOc1cc2ncc(C#N)c(Nc3ccc(OCc4ccccn4)c(Cl)c3)c2cc1NC(=O)CC(Cl)CN(C)C. The molecule has 212 valence electrons. The van der Waals surface area contributed by atoms with Crippen LogP contribution in [0, 0.1) is 11.3 Å². The Morgan fingerprint density at radius 3 is 2.63 bits per heavy atom. The third-order valence-electron chi connectivity index (χ3n) is 5.94. The van der Waals surface area contributed by atoms with Crippen LogP contribution >= 0.6 is 23.2 Å². The Hall–Kier alpha value is -4.10. The molecule has 2 heterocycles. The van der Waals surface area contributed by atoms with Crippen LogP contribution in [-0.2, 0) is 11.4 Å². The topological polar surface area (TPSA) is 112 Å².